The molecule has 0 aromatic rings. The minimum absolute atomic E-state index is 0. The monoisotopic (exact) mass is 368 g/mol. The standard InChI is InChI=1S/4NO3.Sn/c4*2-1(3)4;/q4*-1;+4. The fraction of sp³-hybridized carbons (Fsp3) is 0. The molecule has 0 N–H and O–H groups in total. The maximum absolute atomic E-state index is 8.25. The molecule has 0 bridgehead atoms. The molecular weight excluding hydrogens is 367 g/mol. The molecule has 17 heteroatoms. The Morgan fingerprint density at radius 3 is 0.412 bits per heavy atom. The molecule has 0 saturated carbocycles. The molecule has 0 radical (unpaired) electrons. The van der Waals surface area contributed by atoms with E-state index >= 15 is 0 Å². The van der Waals surface area contributed by atoms with E-state index in [0.29, 0.717) is 0 Å². The number of hydrogen-bond donors (Lipinski definition) is 0. The zero-order valence-corrected chi connectivity index (χ0v) is 10.0. The second-order valence-electron chi connectivity index (χ2n) is 0.894. The van der Waals surface area contributed by atoms with Crippen molar-refractivity contribution in [1.29, 1.82) is 0 Å². The van der Waals surface area contributed by atoms with Gasteiger partial charge in [0.15, 0.2) is 0 Å². The van der Waals surface area contributed by atoms with Crippen LogP contribution < -0.4 is 0 Å². The summed E-state index contributed by atoms with van der Waals surface area (Å²) in [6.07, 6.45) is 0. The summed E-state index contributed by atoms with van der Waals surface area (Å²) < 4.78 is 0. The van der Waals surface area contributed by atoms with E-state index in [4.69, 9.17) is 61.3 Å². The Kier molecular flexibility index (Phi) is 40.4. The number of rotatable bonds is 0. The summed E-state index contributed by atoms with van der Waals surface area (Å²) in [4.78, 5) is 33.0. The molecule has 0 spiro atoms. The van der Waals surface area contributed by atoms with Gasteiger partial charge in [0.1, 0.15) is 0 Å². The first-order valence-electron chi connectivity index (χ1n) is 2.19. The molecule has 0 aromatic heterocycles. The summed E-state index contributed by atoms with van der Waals surface area (Å²) >= 11 is 0. The molecule has 0 unspecified atom stereocenters. The maximum atomic E-state index is 8.25. The predicted octanol–water partition coefficient (Wildman–Crippen LogP) is -1.34. The van der Waals surface area contributed by atoms with Gasteiger partial charge in [0, 0.05) is 0 Å². The van der Waals surface area contributed by atoms with E-state index < -0.39 is 20.3 Å². The summed E-state index contributed by atoms with van der Waals surface area (Å²) in [5.74, 6) is 0. The van der Waals surface area contributed by atoms with Gasteiger partial charge in [-0.05, 0) is 0 Å². The van der Waals surface area contributed by atoms with E-state index in [1.807, 2.05) is 0 Å². The van der Waals surface area contributed by atoms with E-state index in [-0.39, 0.29) is 23.9 Å². The van der Waals surface area contributed by atoms with Gasteiger partial charge in [-0.25, -0.2) is 0 Å². The van der Waals surface area contributed by atoms with Crippen molar-refractivity contribution in [3.05, 3.63) is 61.3 Å². The van der Waals surface area contributed by atoms with Crippen LogP contribution in [0.25, 0.3) is 0 Å². The third kappa shape index (κ3) is 317. The summed E-state index contributed by atoms with van der Waals surface area (Å²) in [5.41, 5.74) is 0. The SMILES string of the molecule is O=[N+]([O-])[O-].O=[N+]([O-])[O-].O=[N+]([O-])[O-].O=[N+]([O-])[O-].[Sn+4]. The van der Waals surface area contributed by atoms with Crippen LogP contribution in [0.5, 0.6) is 0 Å². The van der Waals surface area contributed by atoms with Gasteiger partial charge in [-0.15, -0.1) is 0 Å². The molecule has 96 valence electrons. The van der Waals surface area contributed by atoms with E-state index in [9.17, 15) is 0 Å². The average Bonchev–Trinajstić information content (AvgIpc) is 1.76. The Morgan fingerprint density at radius 2 is 0.412 bits per heavy atom. The fourth-order valence-corrected chi connectivity index (χ4v) is 0. The molecule has 0 saturated heterocycles. The van der Waals surface area contributed by atoms with Crippen LogP contribution in [-0.2, 0) is 0 Å². The average molecular weight is 367 g/mol. The van der Waals surface area contributed by atoms with E-state index in [1.54, 1.807) is 0 Å². The molecule has 0 aromatic carbocycles. The van der Waals surface area contributed by atoms with Gasteiger partial charge < -0.3 is 61.3 Å². The van der Waals surface area contributed by atoms with Crippen molar-refractivity contribution in [2.24, 2.45) is 0 Å². The summed E-state index contributed by atoms with van der Waals surface area (Å²) in [6, 6.07) is 0. The Hall–Kier alpha value is -2.40. The molecule has 16 nitrogen and oxygen atoms in total. The molecule has 0 atom stereocenters. The van der Waals surface area contributed by atoms with Gasteiger partial charge in [-0.3, -0.25) is 0 Å². The van der Waals surface area contributed by atoms with Gasteiger partial charge in [0.05, 0.1) is 20.3 Å². The summed E-state index contributed by atoms with van der Waals surface area (Å²) in [7, 11) is 0. The predicted molar refractivity (Wildman–Crippen MR) is 47.2 cm³/mol. The smallest absolute Gasteiger partial charge is 0.356 e. The van der Waals surface area contributed by atoms with E-state index in [2.05, 4.69) is 0 Å². The van der Waals surface area contributed by atoms with Gasteiger partial charge in [0.2, 0.25) is 0 Å². The molecule has 17 heavy (non-hydrogen) atoms. The minimum atomic E-state index is -1.75. The van der Waals surface area contributed by atoms with Crippen molar-refractivity contribution in [2.45, 2.75) is 0 Å². The van der Waals surface area contributed by atoms with E-state index in [1.165, 1.54) is 0 Å². The Balaban J connectivity index is -0.0000000369. The van der Waals surface area contributed by atoms with Crippen molar-refractivity contribution < 1.29 is 20.3 Å². The van der Waals surface area contributed by atoms with Crippen LogP contribution >= 0.6 is 0 Å². The second-order valence-corrected chi connectivity index (χ2v) is 0.894. The Bertz CT molecular complexity index is 159. The second kappa shape index (κ2) is 23.4. The van der Waals surface area contributed by atoms with Crippen LogP contribution in [0.3, 0.4) is 0 Å². The molecule has 0 fully saturated rings. The molecule has 0 amide bonds. The van der Waals surface area contributed by atoms with Crippen LogP contribution in [0.4, 0.5) is 0 Å². The fourth-order valence-electron chi connectivity index (χ4n) is 0. The van der Waals surface area contributed by atoms with Crippen molar-refractivity contribution >= 4 is 23.9 Å². The number of nitrogens with zero attached hydrogens (tertiary/aromatic N) is 4. The van der Waals surface area contributed by atoms with Gasteiger partial charge >= 0.3 is 23.9 Å². The zero-order valence-electron chi connectivity index (χ0n) is 7.19. The minimum Gasteiger partial charge on any atom is -0.356 e. The summed E-state index contributed by atoms with van der Waals surface area (Å²) in [6.45, 7) is 0. The number of hydrogen-bond acceptors (Lipinski definition) is 12. The Labute approximate surface area is 106 Å². The van der Waals surface area contributed by atoms with Gasteiger partial charge in [0.25, 0.3) is 0 Å². The molecule has 0 rings (SSSR count). The topological polar surface area (TPSA) is 265 Å². The molecule has 0 heterocycles. The van der Waals surface area contributed by atoms with Crippen molar-refractivity contribution in [2.75, 3.05) is 0 Å². The van der Waals surface area contributed by atoms with Crippen LogP contribution in [0.15, 0.2) is 0 Å². The van der Waals surface area contributed by atoms with Crippen LogP contribution in [-0.4, -0.2) is 44.3 Å². The van der Waals surface area contributed by atoms with Gasteiger partial charge in [-0.2, -0.15) is 0 Å². The Morgan fingerprint density at radius 1 is 0.412 bits per heavy atom. The first kappa shape index (κ1) is 29.3. The van der Waals surface area contributed by atoms with Gasteiger partial charge in [-0.1, -0.05) is 0 Å². The third-order valence-electron chi connectivity index (χ3n) is 0. The van der Waals surface area contributed by atoms with Crippen LogP contribution in [0, 0.1) is 61.3 Å². The first-order chi connectivity index (χ1) is 6.93. The normalized spacial score (nSPS) is 5.65. The molecular formula is N4O12Sn. The van der Waals surface area contributed by atoms with Crippen molar-refractivity contribution in [1.82, 2.24) is 0 Å². The summed E-state index contributed by atoms with van der Waals surface area (Å²) in [5, 5.41) is 59.0. The molecule has 0 aliphatic carbocycles. The maximum Gasteiger partial charge on any atom is 4.00 e. The first-order valence-corrected chi connectivity index (χ1v) is 2.19. The zero-order chi connectivity index (χ0) is 14.3. The quantitative estimate of drug-likeness (QED) is 0.273. The van der Waals surface area contributed by atoms with Crippen LogP contribution in [0.1, 0.15) is 0 Å². The van der Waals surface area contributed by atoms with Crippen molar-refractivity contribution in [3.8, 4) is 0 Å². The van der Waals surface area contributed by atoms with E-state index in [0.717, 1.165) is 0 Å². The van der Waals surface area contributed by atoms with Crippen LogP contribution in [0.2, 0.25) is 0 Å². The molecule has 0 aliphatic heterocycles. The third-order valence-corrected chi connectivity index (χ3v) is 0. The van der Waals surface area contributed by atoms with Crippen molar-refractivity contribution in [3.63, 3.8) is 0 Å². The molecule has 0 aliphatic rings. The largest absolute Gasteiger partial charge is 4.00 e.